The Morgan fingerprint density at radius 3 is 3.00 bits per heavy atom. The lowest BCUT2D eigenvalue weighted by Crippen LogP contribution is -1.98. The normalized spacial score (nSPS) is 10.8. The van der Waals surface area contributed by atoms with Crippen molar-refractivity contribution in [2.45, 2.75) is 6.92 Å². The molecule has 0 aliphatic heterocycles. The Morgan fingerprint density at radius 1 is 1.43 bits per heavy atom. The Balaban J connectivity index is 2.10. The summed E-state index contributed by atoms with van der Waals surface area (Å²) in [6.07, 6.45) is 5.05. The summed E-state index contributed by atoms with van der Waals surface area (Å²) in [5.41, 5.74) is 1.15. The zero-order valence-corrected chi connectivity index (χ0v) is 12.4. The third kappa shape index (κ3) is 2.57. The van der Waals surface area contributed by atoms with Gasteiger partial charge in [-0.1, -0.05) is 6.07 Å². The van der Waals surface area contributed by atoms with Crippen LogP contribution in [0.4, 0.5) is 5.69 Å². The highest BCUT2D eigenvalue weighted by Crippen LogP contribution is 2.33. The summed E-state index contributed by atoms with van der Waals surface area (Å²) in [5, 5.41) is 11.1. The minimum Gasteiger partial charge on any atom is -0.428 e. The van der Waals surface area contributed by atoms with Crippen molar-refractivity contribution in [1.29, 1.82) is 0 Å². The lowest BCUT2D eigenvalue weighted by Gasteiger charge is -2.07. The van der Waals surface area contributed by atoms with Crippen LogP contribution >= 0.6 is 15.9 Å². The summed E-state index contributed by atoms with van der Waals surface area (Å²) >= 11 is 3.27. The van der Waals surface area contributed by atoms with E-state index in [1.165, 1.54) is 6.07 Å². The SMILES string of the molecule is Cc1ccc(Oc2nc(Br)cn3ccnc23)c([N+](=O)[O-])c1. The van der Waals surface area contributed by atoms with E-state index in [1.807, 2.05) is 0 Å². The second kappa shape index (κ2) is 5.13. The van der Waals surface area contributed by atoms with Gasteiger partial charge in [-0.15, -0.1) is 0 Å². The van der Waals surface area contributed by atoms with Crippen molar-refractivity contribution in [1.82, 2.24) is 14.4 Å². The third-order valence-electron chi connectivity index (χ3n) is 2.83. The number of aryl methyl sites for hydroxylation is 1. The zero-order chi connectivity index (χ0) is 15.0. The molecule has 0 bridgehead atoms. The lowest BCUT2D eigenvalue weighted by atomic mass is 10.2. The highest BCUT2D eigenvalue weighted by atomic mass is 79.9. The van der Waals surface area contributed by atoms with Gasteiger partial charge >= 0.3 is 5.69 Å². The number of fused-ring (bicyclic) bond motifs is 1. The molecule has 0 atom stereocenters. The number of halogens is 1. The summed E-state index contributed by atoms with van der Waals surface area (Å²) < 4.78 is 7.87. The number of imidazole rings is 1. The summed E-state index contributed by atoms with van der Waals surface area (Å²) in [7, 11) is 0. The Hall–Kier alpha value is -2.48. The number of nitro groups is 1. The van der Waals surface area contributed by atoms with Crippen molar-refractivity contribution in [2.24, 2.45) is 0 Å². The van der Waals surface area contributed by atoms with Crippen molar-refractivity contribution in [3.8, 4) is 11.6 Å². The maximum atomic E-state index is 11.1. The van der Waals surface area contributed by atoms with Gasteiger partial charge in [-0.05, 0) is 34.5 Å². The maximum absolute atomic E-state index is 11.1. The number of nitro benzene ring substituents is 1. The Kier molecular flexibility index (Phi) is 3.30. The minimum absolute atomic E-state index is 0.110. The number of rotatable bonds is 3. The smallest absolute Gasteiger partial charge is 0.311 e. The molecule has 2 aromatic heterocycles. The first kappa shape index (κ1) is 13.5. The van der Waals surface area contributed by atoms with Crippen LogP contribution in [0.2, 0.25) is 0 Å². The van der Waals surface area contributed by atoms with E-state index in [-0.39, 0.29) is 17.3 Å². The standard InChI is InChI=1S/C13H9BrN4O3/c1-8-2-3-10(9(6-8)18(19)20)21-13-12-15-4-5-17(12)7-11(14)16-13/h2-7H,1H3. The summed E-state index contributed by atoms with van der Waals surface area (Å²) in [4.78, 5) is 18.9. The average Bonchev–Trinajstić information content (AvgIpc) is 2.88. The predicted molar refractivity (Wildman–Crippen MR) is 78.6 cm³/mol. The third-order valence-corrected chi connectivity index (χ3v) is 3.21. The van der Waals surface area contributed by atoms with Crippen LogP contribution in [0.25, 0.3) is 5.65 Å². The van der Waals surface area contributed by atoms with Crippen LogP contribution in [0.5, 0.6) is 11.6 Å². The van der Waals surface area contributed by atoms with Gasteiger partial charge < -0.3 is 4.74 Å². The van der Waals surface area contributed by atoms with Crippen LogP contribution in [0.3, 0.4) is 0 Å². The number of nitrogens with zero attached hydrogens (tertiary/aromatic N) is 4. The zero-order valence-electron chi connectivity index (χ0n) is 10.9. The van der Waals surface area contributed by atoms with Crippen molar-refractivity contribution in [3.05, 3.63) is 57.1 Å². The predicted octanol–water partition coefficient (Wildman–Crippen LogP) is 3.50. The maximum Gasteiger partial charge on any atom is 0.311 e. The molecular formula is C13H9BrN4O3. The monoisotopic (exact) mass is 348 g/mol. The molecule has 0 N–H and O–H groups in total. The van der Waals surface area contributed by atoms with Gasteiger partial charge in [0.05, 0.1) is 4.92 Å². The van der Waals surface area contributed by atoms with Gasteiger partial charge in [0.2, 0.25) is 11.4 Å². The van der Waals surface area contributed by atoms with Crippen LogP contribution in [0.1, 0.15) is 5.56 Å². The molecule has 0 unspecified atom stereocenters. The first-order valence-electron chi connectivity index (χ1n) is 5.97. The van der Waals surface area contributed by atoms with Crippen LogP contribution in [0.15, 0.2) is 41.4 Å². The molecule has 1 aromatic carbocycles. The van der Waals surface area contributed by atoms with E-state index in [4.69, 9.17) is 4.74 Å². The number of benzene rings is 1. The van der Waals surface area contributed by atoms with Gasteiger partial charge in [0, 0.05) is 24.7 Å². The van der Waals surface area contributed by atoms with Gasteiger partial charge in [0.25, 0.3) is 5.88 Å². The second-order valence-electron chi connectivity index (χ2n) is 4.36. The number of ether oxygens (including phenoxy) is 1. The average molecular weight is 349 g/mol. The van der Waals surface area contributed by atoms with Gasteiger partial charge in [-0.25, -0.2) is 9.97 Å². The van der Waals surface area contributed by atoms with E-state index >= 15 is 0 Å². The molecule has 0 aliphatic rings. The summed E-state index contributed by atoms with van der Waals surface area (Å²) in [6.45, 7) is 1.78. The molecule has 3 rings (SSSR count). The number of hydrogen-bond donors (Lipinski definition) is 0. The quantitative estimate of drug-likeness (QED) is 0.534. The van der Waals surface area contributed by atoms with Crippen LogP contribution < -0.4 is 4.74 Å². The fraction of sp³-hybridized carbons (Fsp3) is 0.0769. The molecule has 0 saturated heterocycles. The fourth-order valence-corrected chi connectivity index (χ4v) is 2.28. The molecule has 0 radical (unpaired) electrons. The molecule has 3 aromatic rings. The molecule has 0 aliphatic carbocycles. The number of hydrogen-bond acceptors (Lipinski definition) is 5. The van der Waals surface area contributed by atoms with Crippen molar-refractivity contribution < 1.29 is 9.66 Å². The molecule has 0 spiro atoms. The Labute approximate surface area is 127 Å². The molecule has 0 amide bonds. The van der Waals surface area contributed by atoms with Crippen molar-refractivity contribution >= 4 is 27.3 Å². The van der Waals surface area contributed by atoms with Gasteiger partial charge in [0.15, 0.2) is 0 Å². The van der Waals surface area contributed by atoms with Gasteiger partial charge in [0.1, 0.15) is 4.60 Å². The molecule has 106 valence electrons. The van der Waals surface area contributed by atoms with E-state index < -0.39 is 4.92 Å². The first-order valence-corrected chi connectivity index (χ1v) is 6.76. The molecule has 2 heterocycles. The molecule has 21 heavy (non-hydrogen) atoms. The van der Waals surface area contributed by atoms with E-state index in [9.17, 15) is 10.1 Å². The Bertz CT molecular complexity index is 847. The molecule has 0 saturated carbocycles. The van der Waals surface area contributed by atoms with Crippen LogP contribution in [-0.4, -0.2) is 19.3 Å². The first-order chi connectivity index (χ1) is 10.0. The molecule has 7 nitrogen and oxygen atoms in total. The molecular weight excluding hydrogens is 340 g/mol. The molecule has 8 heteroatoms. The lowest BCUT2D eigenvalue weighted by molar-refractivity contribution is -0.385. The van der Waals surface area contributed by atoms with E-state index in [0.29, 0.717) is 10.3 Å². The van der Waals surface area contributed by atoms with E-state index in [2.05, 4.69) is 25.9 Å². The van der Waals surface area contributed by atoms with E-state index in [0.717, 1.165) is 5.56 Å². The van der Waals surface area contributed by atoms with Gasteiger partial charge in [-0.2, -0.15) is 0 Å². The Morgan fingerprint density at radius 2 is 2.24 bits per heavy atom. The number of aromatic nitrogens is 3. The highest BCUT2D eigenvalue weighted by Gasteiger charge is 2.18. The van der Waals surface area contributed by atoms with Crippen molar-refractivity contribution in [3.63, 3.8) is 0 Å². The van der Waals surface area contributed by atoms with E-state index in [1.54, 1.807) is 42.0 Å². The topological polar surface area (TPSA) is 82.6 Å². The summed E-state index contributed by atoms with van der Waals surface area (Å²) in [5.74, 6) is 0.322. The molecule has 0 fully saturated rings. The summed E-state index contributed by atoms with van der Waals surface area (Å²) in [6, 6.07) is 4.74. The van der Waals surface area contributed by atoms with Crippen LogP contribution in [-0.2, 0) is 0 Å². The van der Waals surface area contributed by atoms with Crippen molar-refractivity contribution in [2.75, 3.05) is 0 Å². The largest absolute Gasteiger partial charge is 0.428 e. The van der Waals surface area contributed by atoms with Crippen LogP contribution in [0, 0.1) is 17.0 Å². The highest BCUT2D eigenvalue weighted by molar-refractivity contribution is 9.10. The van der Waals surface area contributed by atoms with Gasteiger partial charge in [-0.3, -0.25) is 14.5 Å². The minimum atomic E-state index is -0.483. The fourth-order valence-electron chi connectivity index (χ4n) is 1.90. The second-order valence-corrected chi connectivity index (χ2v) is 5.17.